The third-order valence-electron chi connectivity index (χ3n) is 3.39. The molecule has 3 aromatic heterocycles. The molecule has 3 rings (SSSR count). The molecule has 0 aromatic carbocycles. The first-order valence-corrected chi connectivity index (χ1v) is 7.31. The monoisotopic (exact) mass is 363 g/mol. The van der Waals surface area contributed by atoms with E-state index in [1.54, 1.807) is 18.0 Å². The van der Waals surface area contributed by atoms with Gasteiger partial charge in [0.15, 0.2) is 11.2 Å². The lowest BCUT2D eigenvalue weighted by Crippen LogP contribution is -2.09. The van der Waals surface area contributed by atoms with E-state index < -0.39 is 0 Å². The minimum atomic E-state index is 0.161. The second-order valence-corrected chi connectivity index (χ2v) is 5.59. The first kappa shape index (κ1) is 14.6. The topological polar surface area (TPSA) is 105 Å². The molecule has 0 aliphatic rings. The Morgan fingerprint density at radius 3 is 2.82 bits per heavy atom. The van der Waals surface area contributed by atoms with Crippen LogP contribution in [0, 0.1) is 13.8 Å². The van der Waals surface area contributed by atoms with Crippen LogP contribution in [-0.2, 0) is 6.54 Å². The summed E-state index contributed by atoms with van der Waals surface area (Å²) in [5.41, 5.74) is 9.59. The summed E-state index contributed by atoms with van der Waals surface area (Å²) in [5.74, 6) is 0.985. The molecule has 2 N–H and O–H groups in total. The Balaban J connectivity index is 2.08. The van der Waals surface area contributed by atoms with E-state index in [9.17, 15) is 0 Å². The molecule has 0 saturated carbocycles. The summed E-state index contributed by atoms with van der Waals surface area (Å²) in [6.07, 6.45) is 1.78. The fourth-order valence-electron chi connectivity index (χ4n) is 2.32. The molecule has 9 heteroatoms. The summed E-state index contributed by atoms with van der Waals surface area (Å²) >= 11 is 3.31. The highest BCUT2D eigenvalue weighted by Crippen LogP contribution is 2.25. The molecular formula is C13H14BrN7O. The van der Waals surface area contributed by atoms with Crippen LogP contribution in [0.1, 0.15) is 16.8 Å². The van der Waals surface area contributed by atoms with E-state index in [-0.39, 0.29) is 5.95 Å². The van der Waals surface area contributed by atoms with Gasteiger partial charge in [0.1, 0.15) is 10.4 Å². The number of rotatable bonds is 3. The third kappa shape index (κ3) is 2.37. The molecule has 0 aliphatic carbocycles. The number of aryl methyl sites for hydroxylation is 1. The summed E-state index contributed by atoms with van der Waals surface area (Å²) < 4.78 is 7.58. The number of methoxy groups -OCH3 is 1. The zero-order chi connectivity index (χ0) is 15.9. The molecule has 8 nitrogen and oxygen atoms in total. The van der Waals surface area contributed by atoms with Crippen molar-refractivity contribution in [2.24, 2.45) is 0 Å². The number of pyridine rings is 1. The minimum Gasteiger partial charge on any atom is -0.496 e. The lowest BCUT2D eigenvalue weighted by atomic mass is 10.1. The van der Waals surface area contributed by atoms with E-state index in [4.69, 9.17) is 10.5 Å². The zero-order valence-electron chi connectivity index (χ0n) is 12.3. The van der Waals surface area contributed by atoms with Crippen LogP contribution in [0.4, 0.5) is 5.95 Å². The van der Waals surface area contributed by atoms with E-state index in [2.05, 4.69) is 41.2 Å². The fourth-order valence-corrected chi connectivity index (χ4v) is 2.76. The van der Waals surface area contributed by atoms with Gasteiger partial charge in [0.25, 0.3) is 0 Å². The Labute approximate surface area is 134 Å². The zero-order valence-corrected chi connectivity index (χ0v) is 13.9. The minimum absolute atomic E-state index is 0.161. The number of anilines is 1. The summed E-state index contributed by atoms with van der Waals surface area (Å²) in [6.45, 7) is 4.34. The number of nitrogens with zero attached hydrogens (tertiary/aromatic N) is 6. The van der Waals surface area contributed by atoms with Gasteiger partial charge in [-0.1, -0.05) is 5.21 Å². The number of fused-ring (bicyclic) bond motifs is 1. The van der Waals surface area contributed by atoms with Gasteiger partial charge in [0, 0.05) is 17.3 Å². The van der Waals surface area contributed by atoms with Gasteiger partial charge >= 0.3 is 0 Å². The smallest absolute Gasteiger partial charge is 0.223 e. The van der Waals surface area contributed by atoms with Crippen molar-refractivity contribution in [2.45, 2.75) is 20.4 Å². The van der Waals surface area contributed by atoms with Crippen molar-refractivity contribution < 1.29 is 4.74 Å². The molecule has 3 aromatic rings. The summed E-state index contributed by atoms with van der Waals surface area (Å²) in [7, 11) is 1.65. The average molecular weight is 364 g/mol. The molecule has 0 unspecified atom stereocenters. The van der Waals surface area contributed by atoms with Crippen molar-refractivity contribution in [3.8, 4) is 5.75 Å². The van der Waals surface area contributed by atoms with Gasteiger partial charge in [-0.15, -0.1) is 5.10 Å². The number of hydrogen-bond acceptors (Lipinski definition) is 7. The van der Waals surface area contributed by atoms with Gasteiger partial charge in [0.05, 0.1) is 19.3 Å². The van der Waals surface area contributed by atoms with Crippen LogP contribution in [0.5, 0.6) is 5.75 Å². The lowest BCUT2D eigenvalue weighted by molar-refractivity contribution is 0.406. The number of ether oxygens (including phenoxy) is 1. The average Bonchev–Trinajstić information content (AvgIpc) is 2.86. The van der Waals surface area contributed by atoms with E-state index in [1.807, 2.05) is 13.8 Å². The molecule has 0 atom stereocenters. The predicted octanol–water partition coefficient (Wildman–Crippen LogP) is 1.63. The van der Waals surface area contributed by atoms with Crippen LogP contribution >= 0.6 is 15.9 Å². The molecule has 3 heterocycles. The summed E-state index contributed by atoms with van der Waals surface area (Å²) in [6, 6.07) is 0. The van der Waals surface area contributed by atoms with E-state index in [0.29, 0.717) is 22.3 Å². The Morgan fingerprint density at radius 1 is 1.32 bits per heavy atom. The maximum Gasteiger partial charge on any atom is 0.223 e. The Morgan fingerprint density at radius 2 is 2.09 bits per heavy atom. The van der Waals surface area contributed by atoms with Gasteiger partial charge < -0.3 is 10.5 Å². The van der Waals surface area contributed by atoms with Gasteiger partial charge in [0.2, 0.25) is 5.95 Å². The molecule has 0 aliphatic heterocycles. The van der Waals surface area contributed by atoms with Crippen molar-refractivity contribution >= 4 is 33.0 Å². The molecule has 0 amide bonds. The van der Waals surface area contributed by atoms with Crippen molar-refractivity contribution in [1.82, 2.24) is 29.9 Å². The molecule has 114 valence electrons. The van der Waals surface area contributed by atoms with Gasteiger partial charge in [-0.05, 0) is 29.8 Å². The second kappa shape index (κ2) is 5.48. The van der Waals surface area contributed by atoms with Gasteiger partial charge in [-0.3, -0.25) is 4.98 Å². The molecule has 0 bridgehead atoms. The number of nitrogen functional groups attached to an aromatic ring is 1. The van der Waals surface area contributed by atoms with Crippen molar-refractivity contribution in [3.63, 3.8) is 0 Å². The Hall–Kier alpha value is -2.29. The highest BCUT2D eigenvalue weighted by molar-refractivity contribution is 9.10. The normalized spacial score (nSPS) is 11.1. The largest absolute Gasteiger partial charge is 0.496 e. The van der Waals surface area contributed by atoms with Gasteiger partial charge in [-0.2, -0.15) is 4.98 Å². The standard InChI is InChI=1S/C13H14BrN7O/c1-6-4-16-8(7(2)10(6)22-3)5-21-12-9(19-20-21)11(14)17-13(15)18-12/h4H,5H2,1-3H3,(H2,15,17,18). The molecule has 22 heavy (non-hydrogen) atoms. The van der Waals surface area contributed by atoms with Crippen LogP contribution in [-0.4, -0.2) is 37.1 Å². The fraction of sp³-hybridized carbons (Fsp3) is 0.308. The predicted molar refractivity (Wildman–Crippen MR) is 84.6 cm³/mol. The maximum atomic E-state index is 5.68. The maximum absolute atomic E-state index is 5.68. The first-order valence-electron chi connectivity index (χ1n) is 6.52. The van der Waals surface area contributed by atoms with Crippen LogP contribution in [0.15, 0.2) is 10.8 Å². The van der Waals surface area contributed by atoms with Crippen LogP contribution in [0.25, 0.3) is 11.2 Å². The number of aromatic nitrogens is 6. The van der Waals surface area contributed by atoms with E-state index >= 15 is 0 Å². The SMILES string of the molecule is COc1c(C)cnc(Cn2nnc3c(Br)nc(N)nc32)c1C. The molecule has 0 fully saturated rings. The third-order valence-corrected chi connectivity index (χ3v) is 3.94. The van der Waals surface area contributed by atoms with Crippen molar-refractivity contribution in [3.05, 3.63) is 27.6 Å². The van der Waals surface area contributed by atoms with Crippen LogP contribution in [0.3, 0.4) is 0 Å². The molecule has 0 radical (unpaired) electrons. The Bertz CT molecular complexity index is 861. The van der Waals surface area contributed by atoms with Gasteiger partial charge in [-0.25, -0.2) is 9.67 Å². The van der Waals surface area contributed by atoms with Crippen LogP contribution in [0.2, 0.25) is 0 Å². The lowest BCUT2D eigenvalue weighted by Gasteiger charge is -2.12. The van der Waals surface area contributed by atoms with Crippen molar-refractivity contribution in [2.75, 3.05) is 12.8 Å². The van der Waals surface area contributed by atoms with E-state index in [1.165, 1.54) is 0 Å². The van der Waals surface area contributed by atoms with Crippen molar-refractivity contribution in [1.29, 1.82) is 0 Å². The van der Waals surface area contributed by atoms with E-state index in [0.717, 1.165) is 22.6 Å². The first-order chi connectivity index (χ1) is 10.5. The molecule has 0 spiro atoms. The quantitative estimate of drug-likeness (QED) is 0.705. The molecular weight excluding hydrogens is 350 g/mol. The summed E-state index contributed by atoms with van der Waals surface area (Å²) in [4.78, 5) is 12.7. The highest BCUT2D eigenvalue weighted by Gasteiger charge is 2.15. The second-order valence-electron chi connectivity index (χ2n) is 4.84. The molecule has 0 saturated heterocycles. The Kier molecular flexibility index (Phi) is 3.65. The number of hydrogen-bond donors (Lipinski definition) is 1. The van der Waals surface area contributed by atoms with Crippen LogP contribution < -0.4 is 10.5 Å². The number of halogens is 1. The number of nitrogens with two attached hydrogens (primary N) is 1. The summed E-state index contributed by atoms with van der Waals surface area (Å²) in [5, 5.41) is 8.18. The highest BCUT2D eigenvalue weighted by atomic mass is 79.9.